The average molecular weight is 268 g/mol. The van der Waals surface area contributed by atoms with E-state index < -0.39 is 0 Å². The lowest BCUT2D eigenvalue weighted by Gasteiger charge is -2.32. The molecule has 1 aliphatic rings. The van der Waals surface area contributed by atoms with Gasteiger partial charge in [-0.25, -0.2) is 0 Å². The molecule has 1 unspecified atom stereocenters. The monoisotopic (exact) mass is 267 g/mol. The lowest BCUT2D eigenvalue weighted by molar-refractivity contribution is 0.0571. The number of hydrogen-bond donors (Lipinski definition) is 0. The van der Waals surface area contributed by atoms with Gasteiger partial charge in [0.25, 0.3) is 5.91 Å². The van der Waals surface area contributed by atoms with Crippen molar-refractivity contribution in [2.75, 3.05) is 26.8 Å². The van der Waals surface area contributed by atoms with Crippen molar-refractivity contribution in [2.45, 2.75) is 12.8 Å². The zero-order valence-electron chi connectivity index (χ0n) is 10.6. The molecule has 1 atom stereocenters. The summed E-state index contributed by atoms with van der Waals surface area (Å²) in [4.78, 5) is 14.2. The van der Waals surface area contributed by atoms with Crippen molar-refractivity contribution in [3.63, 3.8) is 0 Å². The van der Waals surface area contributed by atoms with E-state index >= 15 is 0 Å². The summed E-state index contributed by atoms with van der Waals surface area (Å²) in [6.45, 7) is 2.35. The molecule has 0 aromatic heterocycles. The van der Waals surface area contributed by atoms with Crippen molar-refractivity contribution in [3.8, 4) is 0 Å². The first-order valence-corrected chi connectivity index (χ1v) is 6.62. The number of halogens is 1. The lowest BCUT2D eigenvalue weighted by Crippen LogP contribution is -2.41. The Morgan fingerprint density at radius 1 is 1.44 bits per heavy atom. The van der Waals surface area contributed by atoms with Gasteiger partial charge in [0.1, 0.15) is 0 Å². The Kier molecular flexibility index (Phi) is 4.61. The minimum atomic E-state index is 0.0902. The summed E-state index contributed by atoms with van der Waals surface area (Å²) in [7, 11) is 1.71. The Morgan fingerprint density at radius 3 is 2.83 bits per heavy atom. The third-order valence-electron chi connectivity index (χ3n) is 3.30. The van der Waals surface area contributed by atoms with Crippen LogP contribution in [0.25, 0.3) is 0 Å². The Morgan fingerprint density at radius 2 is 2.17 bits per heavy atom. The van der Waals surface area contributed by atoms with Gasteiger partial charge in [-0.15, -0.1) is 0 Å². The maximum Gasteiger partial charge on any atom is 0.253 e. The van der Waals surface area contributed by atoms with E-state index in [-0.39, 0.29) is 5.91 Å². The highest BCUT2D eigenvalue weighted by molar-refractivity contribution is 6.30. The van der Waals surface area contributed by atoms with Crippen LogP contribution in [0.5, 0.6) is 0 Å². The van der Waals surface area contributed by atoms with Crippen LogP contribution >= 0.6 is 11.6 Å². The van der Waals surface area contributed by atoms with Gasteiger partial charge >= 0.3 is 0 Å². The van der Waals surface area contributed by atoms with Crippen LogP contribution in [0.15, 0.2) is 24.3 Å². The van der Waals surface area contributed by atoms with Crippen molar-refractivity contribution in [1.29, 1.82) is 0 Å². The maximum absolute atomic E-state index is 12.3. The van der Waals surface area contributed by atoms with E-state index in [1.54, 1.807) is 31.4 Å². The van der Waals surface area contributed by atoms with Gasteiger partial charge in [-0.1, -0.05) is 11.6 Å². The molecule has 1 heterocycles. The van der Waals surface area contributed by atoms with Crippen LogP contribution in [0.2, 0.25) is 5.02 Å². The van der Waals surface area contributed by atoms with E-state index in [2.05, 4.69) is 0 Å². The molecule has 0 spiro atoms. The number of piperidine rings is 1. The quantitative estimate of drug-likeness (QED) is 0.843. The first-order chi connectivity index (χ1) is 8.70. The number of amides is 1. The van der Waals surface area contributed by atoms with Crippen molar-refractivity contribution in [3.05, 3.63) is 34.9 Å². The number of rotatable bonds is 3. The largest absolute Gasteiger partial charge is 0.384 e. The fraction of sp³-hybridized carbons (Fsp3) is 0.500. The van der Waals surface area contributed by atoms with Gasteiger partial charge in [-0.2, -0.15) is 0 Å². The highest BCUT2D eigenvalue weighted by Crippen LogP contribution is 2.19. The lowest BCUT2D eigenvalue weighted by atomic mass is 9.98. The standard InChI is InChI=1S/C14H18ClNO2/c1-18-10-11-3-2-8-16(9-11)14(17)12-4-6-13(15)7-5-12/h4-7,11H,2-3,8-10H2,1H3. The van der Waals surface area contributed by atoms with Crippen molar-refractivity contribution in [1.82, 2.24) is 4.90 Å². The second kappa shape index (κ2) is 6.21. The van der Waals surface area contributed by atoms with E-state index in [1.807, 2.05) is 4.90 Å². The minimum Gasteiger partial charge on any atom is -0.384 e. The van der Waals surface area contributed by atoms with Gasteiger partial charge < -0.3 is 9.64 Å². The topological polar surface area (TPSA) is 29.5 Å². The van der Waals surface area contributed by atoms with Gasteiger partial charge in [0.2, 0.25) is 0 Å². The van der Waals surface area contributed by atoms with Crippen LogP contribution in [0, 0.1) is 5.92 Å². The van der Waals surface area contributed by atoms with E-state index in [9.17, 15) is 4.79 Å². The number of methoxy groups -OCH3 is 1. The molecular weight excluding hydrogens is 250 g/mol. The summed E-state index contributed by atoms with van der Waals surface area (Å²) < 4.78 is 5.18. The van der Waals surface area contributed by atoms with Crippen LogP contribution in [0.1, 0.15) is 23.2 Å². The summed E-state index contributed by atoms with van der Waals surface area (Å²) >= 11 is 5.83. The van der Waals surface area contributed by atoms with Gasteiger partial charge in [-0.3, -0.25) is 4.79 Å². The third kappa shape index (κ3) is 3.24. The molecule has 0 N–H and O–H groups in total. The Balaban J connectivity index is 2.02. The number of carbonyl (C=O) groups is 1. The Hall–Kier alpha value is -1.06. The predicted molar refractivity (Wildman–Crippen MR) is 72.0 cm³/mol. The van der Waals surface area contributed by atoms with Crippen molar-refractivity contribution < 1.29 is 9.53 Å². The maximum atomic E-state index is 12.3. The molecule has 4 heteroatoms. The first-order valence-electron chi connectivity index (χ1n) is 6.24. The van der Waals surface area contributed by atoms with Crippen molar-refractivity contribution in [2.24, 2.45) is 5.92 Å². The minimum absolute atomic E-state index is 0.0902. The van der Waals surface area contributed by atoms with Crippen molar-refractivity contribution >= 4 is 17.5 Å². The van der Waals surface area contributed by atoms with Crippen LogP contribution < -0.4 is 0 Å². The number of nitrogens with zero attached hydrogens (tertiary/aromatic N) is 1. The molecule has 0 bridgehead atoms. The molecule has 3 nitrogen and oxygen atoms in total. The molecule has 1 amide bonds. The summed E-state index contributed by atoms with van der Waals surface area (Å²) in [6.07, 6.45) is 2.19. The Labute approximate surface area is 113 Å². The molecule has 18 heavy (non-hydrogen) atoms. The summed E-state index contributed by atoms with van der Waals surface area (Å²) in [5.41, 5.74) is 0.706. The molecule has 0 saturated carbocycles. The fourth-order valence-corrected chi connectivity index (χ4v) is 2.52. The van der Waals surface area contributed by atoms with E-state index in [0.717, 1.165) is 32.5 Å². The molecular formula is C14H18ClNO2. The number of ether oxygens (including phenoxy) is 1. The summed E-state index contributed by atoms with van der Waals surface area (Å²) in [5.74, 6) is 0.549. The van der Waals surface area contributed by atoms with Crippen LogP contribution in [0.3, 0.4) is 0 Å². The average Bonchev–Trinajstić information content (AvgIpc) is 2.39. The summed E-state index contributed by atoms with van der Waals surface area (Å²) in [6, 6.07) is 7.08. The van der Waals surface area contributed by atoms with Gasteiger partial charge in [0, 0.05) is 30.8 Å². The predicted octanol–water partition coefficient (Wildman–Crippen LogP) is 2.84. The van der Waals surface area contributed by atoms with Crippen LogP contribution in [0.4, 0.5) is 0 Å². The molecule has 1 saturated heterocycles. The molecule has 98 valence electrons. The second-order valence-corrected chi connectivity index (χ2v) is 5.16. The van der Waals surface area contributed by atoms with Crippen LogP contribution in [-0.2, 0) is 4.74 Å². The van der Waals surface area contributed by atoms with E-state index in [1.165, 1.54) is 0 Å². The number of likely N-dealkylation sites (tertiary alicyclic amines) is 1. The normalized spacial score (nSPS) is 19.9. The zero-order chi connectivity index (χ0) is 13.0. The number of benzene rings is 1. The number of hydrogen-bond acceptors (Lipinski definition) is 2. The van der Waals surface area contributed by atoms with E-state index in [4.69, 9.17) is 16.3 Å². The fourth-order valence-electron chi connectivity index (χ4n) is 2.40. The molecule has 1 aromatic carbocycles. The third-order valence-corrected chi connectivity index (χ3v) is 3.55. The smallest absolute Gasteiger partial charge is 0.253 e. The zero-order valence-corrected chi connectivity index (χ0v) is 11.3. The molecule has 2 rings (SSSR count). The summed E-state index contributed by atoms with van der Waals surface area (Å²) in [5, 5.41) is 0.655. The highest BCUT2D eigenvalue weighted by Gasteiger charge is 2.24. The first kappa shape index (κ1) is 13.4. The highest BCUT2D eigenvalue weighted by atomic mass is 35.5. The molecule has 1 aliphatic heterocycles. The molecule has 0 radical (unpaired) electrons. The number of carbonyl (C=O) groups excluding carboxylic acids is 1. The van der Waals surface area contributed by atoms with E-state index in [0.29, 0.717) is 16.5 Å². The van der Waals surface area contributed by atoms with Crippen LogP contribution in [-0.4, -0.2) is 37.6 Å². The van der Waals surface area contributed by atoms with Gasteiger partial charge in [-0.05, 0) is 43.0 Å². The molecule has 1 fully saturated rings. The van der Waals surface area contributed by atoms with Gasteiger partial charge in [0.05, 0.1) is 6.61 Å². The Bertz CT molecular complexity index is 403. The van der Waals surface area contributed by atoms with Gasteiger partial charge in [0.15, 0.2) is 0 Å². The SMILES string of the molecule is COCC1CCCN(C(=O)c2ccc(Cl)cc2)C1. The second-order valence-electron chi connectivity index (χ2n) is 4.72. The molecule has 0 aliphatic carbocycles. The molecule has 1 aromatic rings.